The SMILES string of the molecule is CC(C)[C@@H](C(N)=O)N(C)C(=O)N1CCC2(CC1)CN(C(=O)/C=C/CN(C)C)CCO2. The number of ether oxygens (including phenoxy) is 1. The number of likely N-dealkylation sites (N-methyl/N-ethyl adjacent to an activating group) is 2. The van der Waals surface area contributed by atoms with Gasteiger partial charge in [0.1, 0.15) is 6.04 Å². The number of rotatable bonds is 6. The normalized spacial score (nSPS) is 20.2. The monoisotopic (exact) mass is 423 g/mol. The lowest BCUT2D eigenvalue weighted by molar-refractivity contribution is -0.154. The number of primary amides is 1. The first-order valence-electron chi connectivity index (χ1n) is 10.6. The van der Waals surface area contributed by atoms with Gasteiger partial charge < -0.3 is 30.1 Å². The molecule has 1 spiro atoms. The summed E-state index contributed by atoms with van der Waals surface area (Å²) in [6, 6.07) is -0.834. The smallest absolute Gasteiger partial charge is 0.320 e. The van der Waals surface area contributed by atoms with Crippen molar-refractivity contribution in [3.8, 4) is 0 Å². The second kappa shape index (κ2) is 10.3. The van der Waals surface area contributed by atoms with Crippen molar-refractivity contribution in [2.45, 2.75) is 38.3 Å². The number of urea groups is 1. The van der Waals surface area contributed by atoms with Crippen LogP contribution in [0.1, 0.15) is 26.7 Å². The number of piperidine rings is 1. The van der Waals surface area contributed by atoms with E-state index in [1.54, 1.807) is 18.0 Å². The van der Waals surface area contributed by atoms with E-state index in [9.17, 15) is 14.4 Å². The van der Waals surface area contributed by atoms with Crippen LogP contribution in [-0.2, 0) is 14.3 Å². The molecule has 0 bridgehead atoms. The molecule has 2 fully saturated rings. The zero-order valence-electron chi connectivity index (χ0n) is 19.0. The fourth-order valence-corrected chi connectivity index (χ4v) is 4.22. The molecule has 4 amide bonds. The molecule has 30 heavy (non-hydrogen) atoms. The van der Waals surface area contributed by atoms with E-state index >= 15 is 0 Å². The van der Waals surface area contributed by atoms with Crippen LogP contribution >= 0.6 is 0 Å². The average Bonchev–Trinajstić information content (AvgIpc) is 2.67. The average molecular weight is 424 g/mol. The Kier molecular flexibility index (Phi) is 8.25. The molecular formula is C21H37N5O4. The molecule has 0 saturated carbocycles. The molecule has 9 heteroatoms. The predicted molar refractivity (Wildman–Crippen MR) is 115 cm³/mol. The second-order valence-corrected chi connectivity index (χ2v) is 8.93. The molecule has 2 aliphatic rings. The lowest BCUT2D eigenvalue weighted by Crippen LogP contribution is -2.60. The summed E-state index contributed by atoms with van der Waals surface area (Å²) in [5, 5.41) is 0. The molecule has 0 aromatic carbocycles. The summed E-state index contributed by atoms with van der Waals surface area (Å²) >= 11 is 0. The highest BCUT2D eigenvalue weighted by Gasteiger charge is 2.42. The van der Waals surface area contributed by atoms with Crippen LogP contribution in [0.5, 0.6) is 0 Å². The zero-order chi connectivity index (χ0) is 22.5. The second-order valence-electron chi connectivity index (χ2n) is 8.93. The number of amides is 4. The van der Waals surface area contributed by atoms with E-state index < -0.39 is 17.6 Å². The number of carbonyl (C=O) groups excluding carboxylic acids is 3. The minimum atomic E-state index is -0.638. The standard InChI is InChI=1S/C21H37N5O4/c1-16(2)18(19(22)28)24(5)20(29)25-11-8-21(9-12-25)15-26(13-14-30-21)17(27)7-6-10-23(3)4/h6-7,16,18H,8-15H2,1-5H3,(H2,22,28)/b7-6+/t18-/m0/s1. The van der Waals surface area contributed by atoms with Gasteiger partial charge in [-0.05, 0) is 32.9 Å². The van der Waals surface area contributed by atoms with Gasteiger partial charge in [-0.2, -0.15) is 0 Å². The summed E-state index contributed by atoms with van der Waals surface area (Å²) in [6.07, 6.45) is 4.80. The molecule has 2 saturated heterocycles. The van der Waals surface area contributed by atoms with Crippen molar-refractivity contribution in [2.24, 2.45) is 11.7 Å². The summed E-state index contributed by atoms with van der Waals surface area (Å²) in [5.74, 6) is -0.560. The van der Waals surface area contributed by atoms with Gasteiger partial charge in [0, 0.05) is 39.3 Å². The van der Waals surface area contributed by atoms with Crippen molar-refractivity contribution in [3.05, 3.63) is 12.2 Å². The van der Waals surface area contributed by atoms with Crippen molar-refractivity contribution in [1.82, 2.24) is 19.6 Å². The van der Waals surface area contributed by atoms with Crippen LogP contribution in [0.3, 0.4) is 0 Å². The number of hydrogen-bond donors (Lipinski definition) is 1. The first kappa shape index (κ1) is 24.1. The minimum Gasteiger partial charge on any atom is -0.371 e. The maximum absolute atomic E-state index is 12.9. The Morgan fingerprint density at radius 2 is 1.73 bits per heavy atom. The maximum atomic E-state index is 12.9. The zero-order valence-corrected chi connectivity index (χ0v) is 19.0. The quantitative estimate of drug-likeness (QED) is 0.622. The van der Waals surface area contributed by atoms with Crippen LogP contribution in [-0.4, -0.2) is 110 Å². The van der Waals surface area contributed by atoms with Crippen LogP contribution in [0, 0.1) is 5.92 Å². The van der Waals surface area contributed by atoms with Crippen molar-refractivity contribution < 1.29 is 19.1 Å². The van der Waals surface area contributed by atoms with Gasteiger partial charge in [0.2, 0.25) is 11.8 Å². The Balaban J connectivity index is 1.95. The Hall–Kier alpha value is -2.13. The fraction of sp³-hybridized carbons (Fsp3) is 0.762. The summed E-state index contributed by atoms with van der Waals surface area (Å²) < 4.78 is 6.09. The molecule has 170 valence electrons. The lowest BCUT2D eigenvalue weighted by atomic mass is 9.89. The van der Waals surface area contributed by atoms with Crippen LogP contribution in [0.2, 0.25) is 0 Å². The van der Waals surface area contributed by atoms with Crippen LogP contribution in [0.4, 0.5) is 4.79 Å². The molecule has 0 aromatic rings. The van der Waals surface area contributed by atoms with Crippen LogP contribution < -0.4 is 5.73 Å². The molecule has 2 aliphatic heterocycles. The molecule has 0 radical (unpaired) electrons. The lowest BCUT2D eigenvalue weighted by Gasteiger charge is -2.47. The number of nitrogens with two attached hydrogens (primary N) is 1. The highest BCUT2D eigenvalue weighted by atomic mass is 16.5. The summed E-state index contributed by atoms with van der Waals surface area (Å²) in [4.78, 5) is 44.2. The molecule has 0 unspecified atom stereocenters. The van der Waals surface area contributed by atoms with E-state index in [0.29, 0.717) is 52.2 Å². The molecule has 2 N–H and O–H groups in total. The van der Waals surface area contributed by atoms with Gasteiger partial charge in [-0.15, -0.1) is 0 Å². The molecule has 1 atom stereocenters. The van der Waals surface area contributed by atoms with Crippen molar-refractivity contribution in [3.63, 3.8) is 0 Å². The van der Waals surface area contributed by atoms with E-state index in [4.69, 9.17) is 10.5 Å². The first-order valence-corrected chi connectivity index (χ1v) is 10.6. The molecule has 0 aliphatic carbocycles. The van der Waals surface area contributed by atoms with Gasteiger partial charge in [-0.1, -0.05) is 19.9 Å². The number of hydrogen-bond acceptors (Lipinski definition) is 5. The Bertz CT molecular complexity index is 656. The highest BCUT2D eigenvalue weighted by Crippen LogP contribution is 2.31. The third-order valence-corrected chi connectivity index (χ3v) is 5.88. The highest BCUT2D eigenvalue weighted by molar-refractivity contribution is 5.88. The maximum Gasteiger partial charge on any atom is 0.320 e. The van der Waals surface area contributed by atoms with E-state index in [1.165, 1.54) is 4.90 Å². The van der Waals surface area contributed by atoms with Gasteiger partial charge >= 0.3 is 6.03 Å². The van der Waals surface area contributed by atoms with E-state index in [1.807, 2.05) is 43.8 Å². The molecule has 0 aromatic heterocycles. The summed E-state index contributed by atoms with van der Waals surface area (Å²) in [6.45, 7) is 7.11. The first-order chi connectivity index (χ1) is 14.1. The minimum absolute atomic E-state index is 0.000928. The third kappa shape index (κ3) is 5.95. The summed E-state index contributed by atoms with van der Waals surface area (Å²) in [5.41, 5.74) is 5.08. The number of likely N-dealkylation sites (tertiary alicyclic amines) is 1. The van der Waals surface area contributed by atoms with Gasteiger partial charge in [-0.3, -0.25) is 9.59 Å². The Morgan fingerprint density at radius 1 is 1.10 bits per heavy atom. The van der Waals surface area contributed by atoms with Gasteiger partial charge in [-0.25, -0.2) is 4.79 Å². The molecule has 2 heterocycles. The Morgan fingerprint density at radius 3 is 2.27 bits per heavy atom. The Labute approximate surface area is 179 Å². The van der Waals surface area contributed by atoms with E-state index in [2.05, 4.69) is 0 Å². The fourth-order valence-electron chi connectivity index (χ4n) is 4.22. The number of morpholine rings is 1. The predicted octanol–water partition coefficient (Wildman–Crippen LogP) is 0.359. The topological polar surface area (TPSA) is 99.4 Å². The number of carbonyl (C=O) groups is 3. The molecular weight excluding hydrogens is 386 g/mol. The van der Waals surface area contributed by atoms with Gasteiger partial charge in [0.25, 0.3) is 0 Å². The van der Waals surface area contributed by atoms with Gasteiger partial charge in [0.15, 0.2) is 0 Å². The number of nitrogens with zero attached hydrogens (tertiary/aromatic N) is 4. The van der Waals surface area contributed by atoms with Crippen LogP contribution in [0.15, 0.2) is 12.2 Å². The van der Waals surface area contributed by atoms with Crippen molar-refractivity contribution in [2.75, 3.05) is 60.5 Å². The molecule has 2 rings (SSSR count). The van der Waals surface area contributed by atoms with Crippen molar-refractivity contribution in [1.29, 1.82) is 0 Å². The third-order valence-electron chi connectivity index (χ3n) is 5.88. The van der Waals surface area contributed by atoms with Gasteiger partial charge in [0.05, 0.1) is 18.8 Å². The van der Waals surface area contributed by atoms with E-state index in [-0.39, 0.29) is 17.9 Å². The molecule has 9 nitrogen and oxygen atoms in total. The van der Waals surface area contributed by atoms with Crippen LogP contribution in [0.25, 0.3) is 0 Å². The largest absolute Gasteiger partial charge is 0.371 e. The summed E-state index contributed by atoms with van der Waals surface area (Å²) in [7, 11) is 5.54. The van der Waals surface area contributed by atoms with Crippen molar-refractivity contribution >= 4 is 17.8 Å². The van der Waals surface area contributed by atoms with E-state index in [0.717, 1.165) is 0 Å².